The lowest BCUT2D eigenvalue weighted by Gasteiger charge is -2.12. The van der Waals surface area contributed by atoms with Gasteiger partial charge in [-0.2, -0.15) is 0 Å². The second-order valence-corrected chi connectivity index (χ2v) is 4.87. The van der Waals surface area contributed by atoms with Crippen LogP contribution in [0.3, 0.4) is 0 Å². The smallest absolute Gasteiger partial charge is 0.221 e. The Morgan fingerprint density at radius 3 is 3.05 bits per heavy atom. The van der Waals surface area contributed by atoms with Gasteiger partial charge in [-0.3, -0.25) is 4.79 Å². The third kappa shape index (κ3) is 6.16. The van der Waals surface area contributed by atoms with E-state index in [4.69, 9.17) is 4.74 Å². The van der Waals surface area contributed by atoms with E-state index in [-0.39, 0.29) is 11.9 Å². The fourth-order valence-corrected chi connectivity index (χ4v) is 1.76. The van der Waals surface area contributed by atoms with Crippen molar-refractivity contribution in [1.29, 1.82) is 0 Å². The van der Waals surface area contributed by atoms with Crippen LogP contribution in [0.2, 0.25) is 0 Å². The summed E-state index contributed by atoms with van der Waals surface area (Å²) in [5.74, 6) is 0.0892. The predicted molar refractivity (Wildman–Crippen MR) is 78.3 cm³/mol. The molecule has 0 saturated heterocycles. The second-order valence-electron chi connectivity index (χ2n) is 4.87. The molecule has 1 amide bonds. The van der Waals surface area contributed by atoms with E-state index in [0.29, 0.717) is 19.6 Å². The fraction of sp³-hybridized carbons (Fsp3) is 0.714. The quantitative estimate of drug-likeness (QED) is 0.626. The normalized spacial score (nSPS) is 12.3. The molecule has 1 unspecified atom stereocenters. The third-order valence-corrected chi connectivity index (χ3v) is 3.19. The van der Waals surface area contributed by atoms with Crippen LogP contribution in [0.5, 0.6) is 0 Å². The highest BCUT2D eigenvalue weighted by atomic mass is 16.5. The molecule has 6 heteroatoms. The average Bonchev–Trinajstić information content (AvgIpc) is 2.88. The Morgan fingerprint density at radius 2 is 2.35 bits per heavy atom. The van der Waals surface area contributed by atoms with Gasteiger partial charge in [0, 0.05) is 45.4 Å². The van der Waals surface area contributed by atoms with Gasteiger partial charge in [0.1, 0.15) is 0 Å². The highest BCUT2D eigenvalue weighted by Crippen LogP contribution is 2.01. The van der Waals surface area contributed by atoms with Crippen molar-refractivity contribution >= 4 is 5.91 Å². The van der Waals surface area contributed by atoms with Crippen LogP contribution in [-0.2, 0) is 22.6 Å². The van der Waals surface area contributed by atoms with Crippen LogP contribution in [0.1, 0.15) is 32.4 Å². The molecule has 0 aromatic carbocycles. The zero-order valence-electron chi connectivity index (χ0n) is 12.7. The maximum Gasteiger partial charge on any atom is 0.221 e. The molecule has 0 aliphatic heterocycles. The minimum absolute atomic E-state index is 0.0892. The summed E-state index contributed by atoms with van der Waals surface area (Å²) >= 11 is 0. The van der Waals surface area contributed by atoms with Crippen molar-refractivity contribution in [3.8, 4) is 0 Å². The number of aromatic nitrogens is 2. The van der Waals surface area contributed by atoms with Crippen LogP contribution in [0.15, 0.2) is 12.5 Å². The van der Waals surface area contributed by atoms with Crippen molar-refractivity contribution in [3.05, 3.63) is 18.2 Å². The van der Waals surface area contributed by atoms with Gasteiger partial charge in [0.15, 0.2) is 0 Å². The van der Waals surface area contributed by atoms with E-state index in [2.05, 4.69) is 22.5 Å². The molecule has 1 heterocycles. The first-order valence-electron chi connectivity index (χ1n) is 7.15. The molecule has 0 spiro atoms. The van der Waals surface area contributed by atoms with Gasteiger partial charge in [0.2, 0.25) is 5.91 Å². The van der Waals surface area contributed by atoms with Crippen molar-refractivity contribution in [2.24, 2.45) is 0 Å². The van der Waals surface area contributed by atoms with E-state index >= 15 is 0 Å². The second kappa shape index (κ2) is 9.50. The number of aryl methyl sites for hydroxylation is 1. The number of rotatable bonds is 10. The predicted octanol–water partition coefficient (Wildman–Crippen LogP) is 0.924. The number of ether oxygens (including phenoxy) is 1. The largest absolute Gasteiger partial charge is 0.383 e. The standard InChI is InChI=1S/C14H26N4O2/c1-4-12(2)17-14(19)5-7-18-11-16-10-13(18)9-15-6-8-20-3/h10-12,15H,4-9H2,1-3H3,(H,17,19). The number of amides is 1. The highest BCUT2D eigenvalue weighted by molar-refractivity contribution is 5.76. The molecule has 1 aromatic rings. The van der Waals surface area contributed by atoms with Crippen molar-refractivity contribution in [1.82, 2.24) is 20.2 Å². The number of nitrogens with one attached hydrogen (secondary N) is 2. The van der Waals surface area contributed by atoms with Crippen molar-refractivity contribution in [2.75, 3.05) is 20.3 Å². The van der Waals surface area contributed by atoms with Gasteiger partial charge >= 0.3 is 0 Å². The Morgan fingerprint density at radius 1 is 1.55 bits per heavy atom. The minimum atomic E-state index is 0.0892. The van der Waals surface area contributed by atoms with Gasteiger partial charge < -0.3 is 19.9 Å². The molecule has 0 aliphatic rings. The summed E-state index contributed by atoms with van der Waals surface area (Å²) in [6.07, 6.45) is 5.02. The molecule has 1 aromatic heterocycles. The minimum Gasteiger partial charge on any atom is -0.383 e. The molecular weight excluding hydrogens is 256 g/mol. The summed E-state index contributed by atoms with van der Waals surface area (Å²) in [7, 11) is 1.68. The number of carbonyl (C=O) groups is 1. The van der Waals surface area contributed by atoms with Gasteiger partial charge in [0.05, 0.1) is 18.6 Å². The van der Waals surface area contributed by atoms with Gasteiger partial charge in [-0.1, -0.05) is 6.92 Å². The monoisotopic (exact) mass is 282 g/mol. The molecule has 0 bridgehead atoms. The number of hydrogen-bond acceptors (Lipinski definition) is 4. The third-order valence-electron chi connectivity index (χ3n) is 3.19. The number of methoxy groups -OCH3 is 1. The Hall–Kier alpha value is -1.40. The van der Waals surface area contributed by atoms with E-state index < -0.39 is 0 Å². The van der Waals surface area contributed by atoms with Gasteiger partial charge in [-0.05, 0) is 13.3 Å². The number of nitrogens with zero attached hydrogens (tertiary/aromatic N) is 2. The van der Waals surface area contributed by atoms with Gasteiger partial charge in [-0.25, -0.2) is 4.98 Å². The zero-order valence-corrected chi connectivity index (χ0v) is 12.7. The molecule has 1 atom stereocenters. The van der Waals surface area contributed by atoms with Crippen LogP contribution < -0.4 is 10.6 Å². The molecular formula is C14H26N4O2. The first-order chi connectivity index (χ1) is 9.67. The summed E-state index contributed by atoms with van der Waals surface area (Å²) in [6.45, 7) is 6.95. The first-order valence-corrected chi connectivity index (χ1v) is 7.15. The van der Waals surface area contributed by atoms with E-state index in [0.717, 1.165) is 25.2 Å². The molecule has 0 aliphatic carbocycles. The lowest BCUT2D eigenvalue weighted by molar-refractivity contribution is -0.121. The maximum absolute atomic E-state index is 11.7. The zero-order chi connectivity index (χ0) is 14.8. The molecule has 6 nitrogen and oxygen atoms in total. The SMILES string of the molecule is CCC(C)NC(=O)CCn1cncc1CNCCOC. The van der Waals surface area contributed by atoms with E-state index in [1.54, 1.807) is 13.4 Å². The first kappa shape index (κ1) is 16.7. The Bertz CT molecular complexity index is 392. The van der Waals surface area contributed by atoms with Crippen LogP contribution >= 0.6 is 0 Å². The molecule has 1 rings (SSSR count). The summed E-state index contributed by atoms with van der Waals surface area (Å²) < 4.78 is 6.99. The lowest BCUT2D eigenvalue weighted by Crippen LogP contribution is -2.32. The van der Waals surface area contributed by atoms with Crippen LogP contribution in [-0.4, -0.2) is 41.8 Å². The molecule has 20 heavy (non-hydrogen) atoms. The van der Waals surface area contributed by atoms with Crippen molar-refractivity contribution in [3.63, 3.8) is 0 Å². The molecule has 0 saturated carbocycles. The average molecular weight is 282 g/mol. The highest BCUT2D eigenvalue weighted by Gasteiger charge is 2.07. The lowest BCUT2D eigenvalue weighted by atomic mass is 10.2. The van der Waals surface area contributed by atoms with Crippen LogP contribution in [0.25, 0.3) is 0 Å². The van der Waals surface area contributed by atoms with E-state index in [9.17, 15) is 4.79 Å². The maximum atomic E-state index is 11.7. The van der Waals surface area contributed by atoms with Crippen molar-refractivity contribution < 1.29 is 9.53 Å². The van der Waals surface area contributed by atoms with Gasteiger partial charge in [0.25, 0.3) is 0 Å². The number of carbonyl (C=O) groups excluding carboxylic acids is 1. The summed E-state index contributed by atoms with van der Waals surface area (Å²) in [5.41, 5.74) is 1.08. The van der Waals surface area contributed by atoms with E-state index in [1.165, 1.54) is 0 Å². The number of hydrogen-bond donors (Lipinski definition) is 2. The molecule has 114 valence electrons. The van der Waals surface area contributed by atoms with E-state index in [1.807, 2.05) is 17.7 Å². The Balaban J connectivity index is 2.33. The molecule has 0 radical (unpaired) electrons. The number of imidazole rings is 1. The van der Waals surface area contributed by atoms with Crippen LogP contribution in [0, 0.1) is 0 Å². The fourth-order valence-electron chi connectivity index (χ4n) is 1.76. The van der Waals surface area contributed by atoms with Gasteiger partial charge in [-0.15, -0.1) is 0 Å². The van der Waals surface area contributed by atoms with Crippen LogP contribution in [0.4, 0.5) is 0 Å². The summed E-state index contributed by atoms with van der Waals surface area (Å²) in [5, 5.41) is 6.24. The molecule has 0 fully saturated rings. The topological polar surface area (TPSA) is 68.2 Å². The van der Waals surface area contributed by atoms with Crippen molar-refractivity contribution in [2.45, 2.75) is 45.8 Å². The summed E-state index contributed by atoms with van der Waals surface area (Å²) in [6, 6.07) is 0.237. The summed E-state index contributed by atoms with van der Waals surface area (Å²) in [4.78, 5) is 15.9. The Labute approximate surface area is 120 Å². The Kier molecular flexibility index (Phi) is 7.91. The molecule has 2 N–H and O–H groups in total.